The largest absolute Gasteiger partial charge is 0.463 e. The molecule has 0 spiro atoms. The van der Waals surface area contributed by atoms with E-state index in [0.29, 0.717) is 13.2 Å². The topological polar surface area (TPSA) is 94.1 Å². The molecule has 1 atom stereocenters. The van der Waals surface area contributed by atoms with Crippen molar-refractivity contribution in [2.45, 2.75) is 60.5 Å². The van der Waals surface area contributed by atoms with Crippen LogP contribution >= 0.6 is 0 Å². The first kappa shape index (κ1) is 29.3. The van der Waals surface area contributed by atoms with Crippen LogP contribution in [-0.4, -0.2) is 62.7 Å². The minimum Gasteiger partial charge on any atom is -0.463 e. The van der Waals surface area contributed by atoms with Crippen LogP contribution in [-0.2, 0) is 23.8 Å². The number of hydrogen-bond acceptors (Lipinski definition) is 7. The van der Waals surface area contributed by atoms with Crippen molar-refractivity contribution in [3.05, 3.63) is 12.2 Å². The molecule has 0 aromatic heterocycles. The Morgan fingerprint density at radius 3 is 1.65 bits per heavy atom. The molecule has 0 aliphatic heterocycles. The Bertz CT molecular complexity index is 310. The second-order valence-corrected chi connectivity index (χ2v) is 5.03. The highest BCUT2D eigenvalue weighted by atomic mass is 16.5. The molecule has 0 radical (unpaired) electrons. The number of ether oxygens (including phenoxy) is 3. The molecule has 0 saturated heterocycles. The van der Waals surface area contributed by atoms with Gasteiger partial charge in [0, 0.05) is 31.9 Å². The predicted molar refractivity (Wildman–Crippen MR) is 104 cm³/mol. The van der Waals surface area contributed by atoms with E-state index in [1.54, 1.807) is 20.8 Å². The van der Waals surface area contributed by atoms with Crippen LogP contribution in [0.25, 0.3) is 0 Å². The van der Waals surface area contributed by atoms with Gasteiger partial charge in [0.1, 0.15) is 0 Å². The van der Waals surface area contributed by atoms with E-state index in [1.807, 2.05) is 13.8 Å². The summed E-state index contributed by atoms with van der Waals surface area (Å²) in [4.78, 5) is 21.3. The maximum absolute atomic E-state index is 10.6. The molecule has 156 valence electrons. The summed E-state index contributed by atoms with van der Waals surface area (Å²) >= 11 is 0. The third kappa shape index (κ3) is 34.0. The Morgan fingerprint density at radius 1 is 0.923 bits per heavy atom. The Balaban J connectivity index is -0.000000333. The average molecular weight is 378 g/mol. The molecular formula is C19H39NO6. The number of nitrogens with one attached hydrogen (secondary N) is 1. The highest BCUT2D eigenvalue weighted by Gasteiger charge is 1.97. The van der Waals surface area contributed by atoms with E-state index < -0.39 is 11.9 Å². The SMILES string of the molecule is CCCCNCC(C)O.CCOC(=O)/C=C/C(=O)OCC.CCOCC. The van der Waals surface area contributed by atoms with Crippen LogP contribution in [0.2, 0.25) is 0 Å². The third-order valence-corrected chi connectivity index (χ3v) is 2.48. The molecule has 0 amide bonds. The summed E-state index contributed by atoms with van der Waals surface area (Å²) in [6, 6.07) is 0. The van der Waals surface area contributed by atoms with Gasteiger partial charge in [-0.05, 0) is 47.6 Å². The van der Waals surface area contributed by atoms with Gasteiger partial charge in [-0.1, -0.05) is 13.3 Å². The van der Waals surface area contributed by atoms with Gasteiger partial charge < -0.3 is 24.6 Å². The Morgan fingerprint density at radius 2 is 1.38 bits per heavy atom. The van der Waals surface area contributed by atoms with Gasteiger partial charge in [-0.25, -0.2) is 9.59 Å². The number of carbonyl (C=O) groups excluding carboxylic acids is 2. The van der Waals surface area contributed by atoms with Crippen LogP contribution in [0.4, 0.5) is 0 Å². The molecule has 0 aromatic carbocycles. The van der Waals surface area contributed by atoms with E-state index in [1.165, 1.54) is 12.8 Å². The summed E-state index contributed by atoms with van der Waals surface area (Å²) in [5.41, 5.74) is 0. The zero-order valence-corrected chi connectivity index (χ0v) is 17.4. The van der Waals surface area contributed by atoms with Crippen LogP contribution in [0.3, 0.4) is 0 Å². The third-order valence-electron chi connectivity index (χ3n) is 2.48. The number of hydrogen-bond donors (Lipinski definition) is 2. The highest BCUT2D eigenvalue weighted by Crippen LogP contribution is 1.84. The van der Waals surface area contributed by atoms with Crippen molar-refractivity contribution in [2.24, 2.45) is 0 Å². The molecule has 0 bridgehead atoms. The van der Waals surface area contributed by atoms with Crippen LogP contribution in [0, 0.1) is 0 Å². The van der Waals surface area contributed by atoms with Crippen LogP contribution in [0.5, 0.6) is 0 Å². The van der Waals surface area contributed by atoms with Crippen molar-refractivity contribution in [3.63, 3.8) is 0 Å². The summed E-state index contributed by atoms with van der Waals surface area (Å²) in [6.07, 6.45) is 4.30. The highest BCUT2D eigenvalue weighted by molar-refractivity contribution is 5.91. The monoisotopic (exact) mass is 377 g/mol. The van der Waals surface area contributed by atoms with Gasteiger partial charge in [-0.3, -0.25) is 0 Å². The minimum absolute atomic E-state index is 0.207. The molecule has 7 heteroatoms. The van der Waals surface area contributed by atoms with E-state index in [4.69, 9.17) is 9.84 Å². The van der Waals surface area contributed by atoms with Gasteiger partial charge in [-0.15, -0.1) is 0 Å². The number of carbonyl (C=O) groups is 2. The van der Waals surface area contributed by atoms with E-state index in [9.17, 15) is 9.59 Å². The normalized spacial score (nSPS) is 10.9. The summed E-state index contributed by atoms with van der Waals surface area (Å²) < 4.78 is 13.9. The predicted octanol–water partition coefficient (Wildman–Crippen LogP) is 2.47. The lowest BCUT2D eigenvalue weighted by atomic mass is 10.3. The summed E-state index contributed by atoms with van der Waals surface area (Å²) in [5, 5.41) is 11.9. The van der Waals surface area contributed by atoms with Gasteiger partial charge >= 0.3 is 11.9 Å². The van der Waals surface area contributed by atoms with Crippen LogP contribution in [0.15, 0.2) is 12.2 Å². The fourth-order valence-corrected chi connectivity index (χ4v) is 1.33. The maximum Gasteiger partial charge on any atom is 0.330 e. The molecule has 1 unspecified atom stereocenters. The molecule has 26 heavy (non-hydrogen) atoms. The fourth-order valence-electron chi connectivity index (χ4n) is 1.33. The van der Waals surface area contributed by atoms with Crippen molar-refractivity contribution in [1.29, 1.82) is 0 Å². The Hall–Kier alpha value is -1.44. The molecule has 0 aromatic rings. The van der Waals surface area contributed by atoms with Gasteiger partial charge in [-0.2, -0.15) is 0 Å². The van der Waals surface area contributed by atoms with Gasteiger partial charge in [0.2, 0.25) is 0 Å². The van der Waals surface area contributed by atoms with E-state index in [-0.39, 0.29) is 6.10 Å². The standard InChI is InChI=1S/C8H12O4.C7H17NO.C4H10O/c1-3-11-7(9)5-6-8(10)12-4-2;1-3-4-5-8-6-7(2)9;1-3-5-4-2/h5-6H,3-4H2,1-2H3;7-9H,3-6H2,1-2H3;3-4H2,1-2H3/b6-5+;;. The van der Waals surface area contributed by atoms with E-state index >= 15 is 0 Å². The number of aliphatic hydroxyl groups is 1. The molecule has 0 aliphatic carbocycles. The second-order valence-electron chi connectivity index (χ2n) is 5.03. The molecule has 0 rings (SSSR count). The first-order valence-electron chi connectivity index (χ1n) is 9.37. The molecular weight excluding hydrogens is 338 g/mol. The van der Waals surface area contributed by atoms with Crippen LogP contribution in [0.1, 0.15) is 54.4 Å². The van der Waals surface area contributed by atoms with Crippen molar-refractivity contribution >= 4 is 11.9 Å². The zero-order valence-electron chi connectivity index (χ0n) is 17.4. The molecule has 0 saturated carbocycles. The van der Waals surface area contributed by atoms with Gasteiger partial charge in [0.05, 0.1) is 19.3 Å². The smallest absolute Gasteiger partial charge is 0.330 e. The number of esters is 2. The quantitative estimate of drug-likeness (QED) is 0.324. The first-order valence-corrected chi connectivity index (χ1v) is 9.37. The minimum atomic E-state index is -0.537. The summed E-state index contributed by atoms with van der Waals surface area (Å²) in [5.74, 6) is -1.07. The second kappa shape index (κ2) is 25.8. The molecule has 0 heterocycles. The maximum atomic E-state index is 10.6. The summed E-state index contributed by atoms with van der Waals surface area (Å²) in [7, 11) is 0. The van der Waals surface area contributed by atoms with Gasteiger partial charge in [0.25, 0.3) is 0 Å². The zero-order chi connectivity index (χ0) is 20.6. The Labute approximate surface area is 159 Å². The van der Waals surface area contributed by atoms with Crippen molar-refractivity contribution in [2.75, 3.05) is 39.5 Å². The van der Waals surface area contributed by atoms with Crippen molar-refractivity contribution < 1.29 is 28.9 Å². The average Bonchev–Trinajstić information content (AvgIpc) is 2.59. The van der Waals surface area contributed by atoms with Crippen molar-refractivity contribution in [1.82, 2.24) is 5.32 Å². The molecule has 2 N–H and O–H groups in total. The van der Waals surface area contributed by atoms with Crippen LogP contribution < -0.4 is 5.32 Å². The van der Waals surface area contributed by atoms with E-state index in [0.717, 1.165) is 38.5 Å². The Kier molecular flexibility index (Phi) is 29.1. The molecule has 7 nitrogen and oxygen atoms in total. The lowest BCUT2D eigenvalue weighted by Gasteiger charge is -2.04. The van der Waals surface area contributed by atoms with Crippen molar-refractivity contribution in [3.8, 4) is 0 Å². The summed E-state index contributed by atoms with van der Waals surface area (Å²) in [6.45, 7) is 15.3. The lowest BCUT2D eigenvalue weighted by molar-refractivity contribution is -0.140. The number of aliphatic hydroxyl groups excluding tert-OH is 1. The lowest BCUT2D eigenvalue weighted by Crippen LogP contribution is -2.25. The molecule has 0 fully saturated rings. The number of rotatable bonds is 11. The van der Waals surface area contributed by atoms with E-state index in [2.05, 4.69) is 21.7 Å². The number of unbranched alkanes of at least 4 members (excludes halogenated alkanes) is 1. The first-order chi connectivity index (χ1) is 12.4. The molecule has 0 aliphatic rings. The van der Waals surface area contributed by atoms with Gasteiger partial charge in [0.15, 0.2) is 0 Å². The fraction of sp³-hybridized carbons (Fsp3) is 0.789.